The average molecular weight is 314 g/mol. The number of nitrogens with zero attached hydrogens (tertiary/aromatic N) is 1. The quantitative estimate of drug-likeness (QED) is 0.590. The molecule has 1 atom stereocenters. The molecule has 0 radical (unpaired) electrons. The first-order valence-corrected chi connectivity index (χ1v) is 7.19. The van der Waals surface area contributed by atoms with Gasteiger partial charge in [0.1, 0.15) is 6.04 Å². The first-order chi connectivity index (χ1) is 9.77. The number of carboxylic acid groups (broad SMARTS) is 1. The van der Waals surface area contributed by atoms with Crippen LogP contribution in [0.1, 0.15) is 26.0 Å². The van der Waals surface area contributed by atoms with E-state index in [2.05, 4.69) is 15.6 Å². The van der Waals surface area contributed by atoms with Gasteiger partial charge in [-0.25, -0.2) is 9.78 Å². The van der Waals surface area contributed by atoms with Crippen LogP contribution in [-0.2, 0) is 16.0 Å². The molecule has 0 saturated heterocycles. The fraction of sp³-hybridized carbons (Fsp3) is 0.500. The molecule has 21 heavy (non-hydrogen) atoms. The van der Waals surface area contributed by atoms with E-state index >= 15 is 0 Å². The molecule has 0 aromatic carbocycles. The highest BCUT2D eigenvalue weighted by molar-refractivity contribution is 7.13. The molecule has 0 bridgehead atoms. The van der Waals surface area contributed by atoms with Gasteiger partial charge in [0.2, 0.25) is 5.91 Å². The van der Waals surface area contributed by atoms with Crippen LogP contribution in [0, 0.1) is 5.92 Å². The zero-order chi connectivity index (χ0) is 16.0. The second-order valence-electron chi connectivity index (χ2n) is 4.89. The number of hydrogen-bond acceptors (Lipinski definition) is 5. The number of carbonyl (C=O) groups excluding carboxylic acids is 2. The number of carboxylic acids is 1. The van der Waals surface area contributed by atoms with Gasteiger partial charge in [-0.3, -0.25) is 9.59 Å². The van der Waals surface area contributed by atoms with Gasteiger partial charge in [-0.2, -0.15) is 0 Å². The predicted molar refractivity (Wildman–Crippen MR) is 78.0 cm³/mol. The molecule has 0 spiro atoms. The second kappa shape index (κ2) is 7.58. The summed E-state index contributed by atoms with van der Waals surface area (Å²) in [6, 6.07) is -1.53. The smallest absolute Gasteiger partial charge is 0.312 e. The fourth-order valence-corrected chi connectivity index (χ4v) is 2.38. The lowest BCUT2D eigenvalue weighted by Gasteiger charge is -2.18. The largest absolute Gasteiger partial charge is 0.481 e. The summed E-state index contributed by atoms with van der Waals surface area (Å²) in [5.41, 5.74) is 5.42. The van der Waals surface area contributed by atoms with Crippen LogP contribution >= 0.6 is 11.3 Å². The van der Waals surface area contributed by atoms with Crippen molar-refractivity contribution in [3.05, 3.63) is 11.1 Å². The molecule has 9 heteroatoms. The number of aromatic nitrogens is 1. The van der Waals surface area contributed by atoms with Gasteiger partial charge in [-0.15, -0.1) is 11.3 Å². The van der Waals surface area contributed by atoms with Gasteiger partial charge in [0, 0.05) is 5.38 Å². The topological polar surface area (TPSA) is 134 Å². The number of nitrogens with two attached hydrogens (primary N) is 1. The normalized spacial score (nSPS) is 12.0. The average Bonchev–Trinajstić information content (AvgIpc) is 2.73. The molecule has 3 amide bonds. The number of rotatable bonds is 7. The second-order valence-corrected chi connectivity index (χ2v) is 5.75. The van der Waals surface area contributed by atoms with Gasteiger partial charge in [-0.05, 0) is 12.3 Å². The summed E-state index contributed by atoms with van der Waals surface area (Å²) in [4.78, 5) is 37.6. The molecule has 116 valence electrons. The van der Waals surface area contributed by atoms with Gasteiger partial charge < -0.3 is 21.5 Å². The maximum absolute atomic E-state index is 12.1. The van der Waals surface area contributed by atoms with Crippen LogP contribution in [0.4, 0.5) is 9.93 Å². The van der Waals surface area contributed by atoms with Crippen molar-refractivity contribution in [3.8, 4) is 0 Å². The third-order valence-corrected chi connectivity index (χ3v) is 3.26. The van der Waals surface area contributed by atoms with E-state index in [1.54, 1.807) is 5.38 Å². The van der Waals surface area contributed by atoms with Crippen molar-refractivity contribution in [2.75, 3.05) is 5.32 Å². The molecule has 1 unspecified atom stereocenters. The van der Waals surface area contributed by atoms with Crippen molar-refractivity contribution in [1.29, 1.82) is 0 Å². The van der Waals surface area contributed by atoms with Crippen molar-refractivity contribution >= 4 is 34.4 Å². The van der Waals surface area contributed by atoms with E-state index in [1.807, 2.05) is 13.8 Å². The van der Waals surface area contributed by atoms with E-state index in [-0.39, 0.29) is 17.5 Å². The molecule has 1 heterocycles. The minimum absolute atomic E-state index is 0.187. The van der Waals surface area contributed by atoms with Crippen molar-refractivity contribution in [3.63, 3.8) is 0 Å². The zero-order valence-electron chi connectivity index (χ0n) is 11.8. The van der Waals surface area contributed by atoms with Gasteiger partial charge in [0.05, 0.1) is 12.1 Å². The summed E-state index contributed by atoms with van der Waals surface area (Å²) in [6.45, 7) is 3.83. The lowest BCUT2D eigenvalue weighted by atomic mass is 10.0. The number of nitrogens with one attached hydrogen (secondary N) is 2. The SMILES string of the molecule is CC(C)CC(NC(N)=O)C(=O)Nc1nc(CC(=O)O)cs1. The molecule has 8 nitrogen and oxygen atoms in total. The van der Waals surface area contributed by atoms with E-state index in [0.29, 0.717) is 12.1 Å². The fourth-order valence-electron chi connectivity index (χ4n) is 1.67. The standard InChI is InChI=1S/C12H18N4O4S/c1-6(2)3-8(15-11(13)20)10(19)16-12-14-7(5-21-12)4-9(17)18/h5-6,8H,3-4H2,1-2H3,(H,17,18)(H3,13,15,20)(H,14,16,19). The number of primary amides is 1. The summed E-state index contributed by atoms with van der Waals surface area (Å²) < 4.78 is 0. The van der Waals surface area contributed by atoms with Crippen LogP contribution in [0.3, 0.4) is 0 Å². The zero-order valence-corrected chi connectivity index (χ0v) is 12.6. The molecule has 0 saturated carbocycles. The summed E-state index contributed by atoms with van der Waals surface area (Å²) in [5.74, 6) is -1.24. The Labute approximate surface area is 125 Å². The number of thiazole rings is 1. The highest BCUT2D eigenvalue weighted by Crippen LogP contribution is 2.17. The van der Waals surface area contributed by atoms with Gasteiger partial charge >= 0.3 is 12.0 Å². The van der Waals surface area contributed by atoms with Crippen LogP contribution in [0.5, 0.6) is 0 Å². The maximum atomic E-state index is 12.1. The first kappa shape index (κ1) is 16.9. The number of aliphatic carboxylic acids is 1. The third kappa shape index (κ3) is 6.21. The Balaban J connectivity index is 2.69. The van der Waals surface area contributed by atoms with Crippen molar-refractivity contribution in [2.24, 2.45) is 11.7 Å². The van der Waals surface area contributed by atoms with E-state index < -0.39 is 23.9 Å². The molecule has 1 aromatic rings. The van der Waals surface area contributed by atoms with Gasteiger partial charge in [-0.1, -0.05) is 13.8 Å². The van der Waals surface area contributed by atoms with Crippen LogP contribution in [0.25, 0.3) is 0 Å². The molecule has 0 fully saturated rings. The van der Waals surface area contributed by atoms with Crippen molar-refractivity contribution in [2.45, 2.75) is 32.7 Å². The number of hydrogen-bond donors (Lipinski definition) is 4. The van der Waals surface area contributed by atoms with E-state index in [0.717, 1.165) is 11.3 Å². The third-order valence-electron chi connectivity index (χ3n) is 2.45. The number of amides is 3. The molecular weight excluding hydrogens is 296 g/mol. The van der Waals surface area contributed by atoms with Crippen LogP contribution in [0.2, 0.25) is 0 Å². The van der Waals surface area contributed by atoms with Crippen LogP contribution < -0.4 is 16.4 Å². The van der Waals surface area contributed by atoms with Crippen molar-refractivity contribution < 1.29 is 19.5 Å². The lowest BCUT2D eigenvalue weighted by molar-refractivity contribution is -0.136. The molecule has 0 aliphatic rings. The Morgan fingerprint density at radius 1 is 1.43 bits per heavy atom. The number of urea groups is 1. The minimum atomic E-state index is -0.994. The Kier molecular flexibility index (Phi) is 6.10. The summed E-state index contributed by atoms with van der Waals surface area (Å²) in [5, 5.41) is 15.4. The molecular formula is C12H18N4O4S. The minimum Gasteiger partial charge on any atom is -0.481 e. The van der Waals surface area contributed by atoms with Crippen LogP contribution in [-0.4, -0.2) is 34.0 Å². The highest BCUT2D eigenvalue weighted by Gasteiger charge is 2.22. The van der Waals surface area contributed by atoms with E-state index in [4.69, 9.17) is 10.8 Å². The van der Waals surface area contributed by atoms with Crippen LogP contribution in [0.15, 0.2) is 5.38 Å². The predicted octanol–water partition coefficient (Wildman–Crippen LogP) is 0.792. The summed E-state index contributed by atoms with van der Waals surface area (Å²) >= 11 is 1.12. The maximum Gasteiger partial charge on any atom is 0.312 e. The first-order valence-electron chi connectivity index (χ1n) is 6.31. The number of anilines is 1. The molecule has 1 rings (SSSR count). The van der Waals surface area contributed by atoms with Gasteiger partial charge in [0.25, 0.3) is 0 Å². The Morgan fingerprint density at radius 3 is 2.62 bits per heavy atom. The monoisotopic (exact) mass is 314 g/mol. The Bertz CT molecular complexity index is 529. The Morgan fingerprint density at radius 2 is 2.10 bits per heavy atom. The molecule has 5 N–H and O–H groups in total. The summed E-state index contributed by atoms with van der Waals surface area (Å²) in [7, 11) is 0. The highest BCUT2D eigenvalue weighted by atomic mass is 32.1. The van der Waals surface area contributed by atoms with E-state index in [9.17, 15) is 14.4 Å². The molecule has 1 aromatic heterocycles. The molecule has 0 aliphatic carbocycles. The van der Waals surface area contributed by atoms with Gasteiger partial charge in [0.15, 0.2) is 5.13 Å². The van der Waals surface area contributed by atoms with E-state index in [1.165, 1.54) is 0 Å². The molecule has 0 aliphatic heterocycles. The Hall–Kier alpha value is -2.16. The van der Waals surface area contributed by atoms with Crippen molar-refractivity contribution in [1.82, 2.24) is 10.3 Å². The summed E-state index contributed by atoms with van der Waals surface area (Å²) in [6.07, 6.45) is 0.226. The number of carbonyl (C=O) groups is 3. The lowest BCUT2D eigenvalue weighted by Crippen LogP contribution is -2.46.